The summed E-state index contributed by atoms with van der Waals surface area (Å²) in [6.07, 6.45) is 2.00. The molecule has 0 radical (unpaired) electrons. The van der Waals surface area contributed by atoms with Crippen LogP contribution in [0.25, 0.3) is 0 Å². The molecule has 3 rings (SSSR count). The number of hydrogen-bond acceptors (Lipinski definition) is 3. The molecule has 2 aromatic carbocycles. The van der Waals surface area contributed by atoms with E-state index in [1.165, 1.54) is 12.1 Å². The van der Waals surface area contributed by atoms with Gasteiger partial charge in [-0.05, 0) is 43.2 Å². The van der Waals surface area contributed by atoms with Gasteiger partial charge in [-0.3, -0.25) is 9.59 Å². The maximum atomic E-state index is 13.8. The molecule has 0 saturated carbocycles. The minimum atomic E-state index is -0.460. The van der Waals surface area contributed by atoms with Crippen molar-refractivity contribution in [1.82, 2.24) is 10.2 Å². The topological polar surface area (TPSA) is 61.4 Å². The summed E-state index contributed by atoms with van der Waals surface area (Å²) in [4.78, 5) is 26.5. The van der Waals surface area contributed by atoms with Gasteiger partial charge in [0, 0.05) is 42.1 Å². The Labute approximate surface area is 172 Å². The van der Waals surface area contributed by atoms with Crippen molar-refractivity contribution < 1.29 is 14.0 Å². The number of rotatable bonds is 6. The van der Waals surface area contributed by atoms with Gasteiger partial charge in [0.05, 0.1) is 5.69 Å². The van der Waals surface area contributed by atoms with Crippen LogP contribution in [0, 0.1) is 5.82 Å². The molecule has 2 N–H and O–H groups in total. The van der Waals surface area contributed by atoms with Crippen LogP contribution in [0.3, 0.4) is 0 Å². The number of nitrogens with zero attached hydrogens (tertiary/aromatic N) is 1. The van der Waals surface area contributed by atoms with E-state index in [0.29, 0.717) is 23.0 Å². The standard InChI is InChI=1S/C21H23BrFN3O2/c22-16-6-7-19(18(23)14-16)25-20(27)10-13-26-11-8-17(9-12-26)24-21(28)15-4-2-1-3-5-15/h1-7,14,17H,8-13H2,(H,24,28)(H,25,27). The van der Waals surface area contributed by atoms with E-state index in [1.807, 2.05) is 18.2 Å². The van der Waals surface area contributed by atoms with Crippen molar-refractivity contribution in [3.05, 3.63) is 64.4 Å². The first-order chi connectivity index (χ1) is 13.5. The highest BCUT2D eigenvalue weighted by Crippen LogP contribution is 2.19. The molecule has 1 saturated heterocycles. The van der Waals surface area contributed by atoms with E-state index >= 15 is 0 Å². The third kappa shape index (κ3) is 5.87. The summed E-state index contributed by atoms with van der Waals surface area (Å²) in [5.41, 5.74) is 0.859. The van der Waals surface area contributed by atoms with E-state index < -0.39 is 5.82 Å². The van der Waals surface area contributed by atoms with E-state index in [0.717, 1.165) is 25.9 Å². The zero-order valence-electron chi connectivity index (χ0n) is 15.5. The average Bonchev–Trinajstić information content (AvgIpc) is 2.70. The summed E-state index contributed by atoms with van der Waals surface area (Å²) in [5, 5.41) is 5.69. The summed E-state index contributed by atoms with van der Waals surface area (Å²) in [6, 6.07) is 13.9. The number of piperidine rings is 1. The highest BCUT2D eigenvalue weighted by molar-refractivity contribution is 9.10. The lowest BCUT2D eigenvalue weighted by molar-refractivity contribution is -0.116. The fourth-order valence-corrected chi connectivity index (χ4v) is 3.56. The molecule has 1 aliphatic rings. The van der Waals surface area contributed by atoms with Gasteiger partial charge in [-0.15, -0.1) is 0 Å². The Morgan fingerprint density at radius 3 is 2.50 bits per heavy atom. The lowest BCUT2D eigenvalue weighted by Crippen LogP contribution is -2.45. The summed E-state index contributed by atoms with van der Waals surface area (Å²) in [7, 11) is 0. The van der Waals surface area contributed by atoms with Gasteiger partial charge in [0.2, 0.25) is 5.91 Å². The largest absolute Gasteiger partial charge is 0.349 e. The van der Waals surface area contributed by atoms with Crippen LogP contribution in [-0.2, 0) is 4.79 Å². The van der Waals surface area contributed by atoms with Crippen LogP contribution >= 0.6 is 15.9 Å². The van der Waals surface area contributed by atoms with Crippen LogP contribution in [0.15, 0.2) is 53.0 Å². The fraction of sp³-hybridized carbons (Fsp3) is 0.333. The normalized spacial score (nSPS) is 15.2. The van der Waals surface area contributed by atoms with Crippen molar-refractivity contribution >= 4 is 33.4 Å². The van der Waals surface area contributed by atoms with Gasteiger partial charge in [-0.2, -0.15) is 0 Å². The summed E-state index contributed by atoms with van der Waals surface area (Å²) < 4.78 is 14.4. The van der Waals surface area contributed by atoms with Gasteiger partial charge in [0.15, 0.2) is 0 Å². The first kappa shape index (κ1) is 20.5. The van der Waals surface area contributed by atoms with Crippen molar-refractivity contribution in [3.63, 3.8) is 0 Å². The molecule has 1 heterocycles. The van der Waals surface area contributed by atoms with E-state index in [4.69, 9.17) is 0 Å². The molecule has 2 amide bonds. The first-order valence-electron chi connectivity index (χ1n) is 9.34. The van der Waals surface area contributed by atoms with E-state index in [-0.39, 0.29) is 23.5 Å². The molecule has 0 aliphatic carbocycles. The molecule has 0 unspecified atom stereocenters. The Kier molecular flexibility index (Phi) is 7.17. The monoisotopic (exact) mass is 447 g/mol. The lowest BCUT2D eigenvalue weighted by Gasteiger charge is -2.32. The van der Waals surface area contributed by atoms with Gasteiger partial charge in [-0.1, -0.05) is 34.1 Å². The molecular weight excluding hydrogens is 425 g/mol. The fourth-order valence-electron chi connectivity index (χ4n) is 3.22. The van der Waals surface area contributed by atoms with E-state index in [2.05, 4.69) is 31.5 Å². The molecule has 148 valence electrons. The highest BCUT2D eigenvalue weighted by atomic mass is 79.9. The Balaban J connectivity index is 1.38. The third-order valence-electron chi connectivity index (χ3n) is 4.82. The molecule has 0 aromatic heterocycles. The maximum Gasteiger partial charge on any atom is 0.251 e. The van der Waals surface area contributed by atoms with Gasteiger partial charge in [0.1, 0.15) is 5.82 Å². The van der Waals surface area contributed by atoms with Crippen LogP contribution in [0.2, 0.25) is 0 Å². The number of anilines is 1. The summed E-state index contributed by atoms with van der Waals surface area (Å²) in [5.74, 6) is -0.714. The van der Waals surface area contributed by atoms with Gasteiger partial charge < -0.3 is 15.5 Å². The first-order valence-corrected chi connectivity index (χ1v) is 10.1. The quantitative estimate of drug-likeness (QED) is 0.707. The molecule has 1 aliphatic heterocycles. The minimum Gasteiger partial charge on any atom is -0.349 e. The average molecular weight is 448 g/mol. The number of hydrogen-bond donors (Lipinski definition) is 2. The predicted molar refractivity (Wildman–Crippen MR) is 111 cm³/mol. The SMILES string of the molecule is O=C(CCN1CCC(NC(=O)c2ccccc2)CC1)Nc1ccc(Br)cc1F. The van der Waals surface area contributed by atoms with E-state index in [1.54, 1.807) is 18.2 Å². The van der Waals surface area contributed by atoms with Crippen molar-refractivity contribution in [1.29, 1.82) is 0 Å². The number of carbonyl (C=O) groups excluding carboxylic acids is 2. The molecule has 7 heteroatoms. The van der Waals surface area contributed by atoms with Gasteiger partial charge in [-0.25, -0.2) is 4.39 Å². The zero-order valence-corrected chi connectivity index (χ0v) is 17.0. The molecule has 2 aromatic rings. The van der Waals surface area contributed by atoms with Crippen LogP contribution in [0.5, 0.6) is 0 Å². The molecule has 0 spiro atoms. The molecular formula is C21H23BrFN3O2. The Hall–Kier alpha value is -2.25. The van der Waals surface area contributed by atoms with Crippen LogP contribution in [0.4, 0.5) is 10.1 Å². The molecule has 0 bridgehead atoms. The van der Waals surface area contributed by atoms with Crippen LogP contribution < -0.4 is 10.6 Å². The summed E-state index contributed by atoms with van der Waals surface area (Å²) in [6.45, 7) is 2.25. The Morgan fingerprint density at radius 2 is 1.82 bits per heavy atom. The maximum absolute atomic E-state index is 13.8. The minimum absolute atomic E-state index is 0.0463. The Morgan fingerprint density at radius 1 is 1.11 bits per heavy atom. The second kappa shape index (κ2) is 9.80. The number of likely N-dealkylation sites (tertiary alicyclic amines) is 1. The number of carbonyl (C=O) groups is 2. The highest BCUT2D eigenvalue weighted by Gasteiger charge is 2.21. The number of halogens is 2. The Bertz CT molecular complexity index is 824. The number of amides is 2. The van der Waals surface area contributed by atoms with Crippen molar-refractivity contribution in [2.45, 2.75) is 25.3 Å². The molecule has 1 fully saturated rings. The second-order valence-electron chi connectivity index (χ2n) is 6.88. The van der Waals surface area contributed by atoms with Gasteiger partial charge in [0.25, 0.3) is 5.91 Å². The van der Waals surface area contributed by atoms with Crippen molar-refractivity contribution in [3.8, 4) is 0 Å². The predicted octanol–water partition coefficient (Wildman–Crippen LogP) is 3.81. The van der Waals surface area contributed by atoms with Crippen molar-refractivity contribution in [2.75, 3.05) is 25.0 Å². The van der Waals surface area contributed by atoms with Gasteiger partial charge >= 0.3 is 0 Å². The van der Waals surface area contributed by atoms with Crippen molar-refractivity contribution in [2.24, 2.45) is 0 Å². The lowest BCUT2D eigenvalue weighted by atomic mass is 10.0. The van der Waals surface area contributed by atoms with Crippen LogP contribution in [0.1, 0.15) is 29.6 Å². The van der Waals surface area contributed by atoms with Crippen LogP contribution in [-0.4, -0.2) is 42.4 Å². The number of benzene rings is 2. The van der Waals surface area contributed by atoms with E-state index in [9.17, 15) is 14.0 Å². The zero-order chi connectivity index (χ0) is 19.9. The molecule has 0 atom stereocenters. The molecule has 28 heavy (non-hydrogen) atoms. The smallest absolute Gasteiger partial charge is 0.251 e. The third-order valence-corrected chi connectivity index (χ3v) is 5.31. The second-order valence-corrected chi connectivity index (χ2v) is 7.79. The summed E-state index contributed by atoms with van der Waals surface area (Å²) >= 11 is 3.19. The molecule has 5 nitrogen and oxygen atoms in total. The number of nitrogens with one attached hydrogen (secondary N) is 2.